The predicted molar refractivity (Wildman–Crippen MR) is 183 cm³/mol. The van der Waals surface area contributed by atoms with Crippen LogP contribution in [-0.4, -0.2) is 90.7 Å². The number of nitrogens with zero attached hydrogens (tertiary/aromatic N) is 5. The van der Waals surface area contributed by atoms with Crippen molar-refractivity contribution < 1.29 is 33.5 Å². The molecule has 0 radical (unpaired) electrons. The fourth-order valence-electron chi connectivity index (χ4n) is 7.69. The molecule has 9 rings (SSSR count). The van der Waals surface area contributed by atoms with Gasteiger partial charge in [0.1, 0.15) is 5.75 Å². The molecule has 0 atom stereocenters. The number of hydrogen-bond acceptors (Lipinski definition) is 9. The zero-order valence-electron chi connectivity index (χ0n) is 26.9. The van der Waals surface area contributed by atoms with Gasteiger partial charge in [0.15, 0.2) is 0 Å². The summed E-state index contributed by atoms with van der Waals surface area (Å²) in [6, 6.07) is 22.2. The van der Waals surface area contributed by atoms with Crippen LogP contribution in [0.2, 0.25) is 0 Å². The first-order valence-corrected chi connectivity index (χ1v) is 16.1. The zero-order chi connectivity index (χ0) is 34.6. The van der Waals surface area contributed by atoms with Gasteiger partial charge in [0, 0.05) is 77.3 Å². The topological polar surface area (TPSA) is 128 Å². The fraction of sp³-hybridized carbons (Fsp3) is 0.158. The van der Waals surface area contributed by atoms with Crippen LogP contribution in [0, 0.1) is 0 Å². The van der Waals surface area contributed by atoms with E-state index in [-0.39, 0.29) is 44.2 Å². The Balaban J connectivity index is 1.06. The van der Waals surface area contributed by atoms with E-state index in [2.05, 4.69) is 9.80 Å². The van der Waals surface area contributed by atoms with Crippen LogP contribution in [0.15, 0.2) is 78.9 Å². The number of hydrogen-bond donors (Lipinski definition) is 0. The predicted octanol–water partition coefficient (Wildman–Crippen LogP) is 4.36. The summed E-state index contributed by atoms with van der Waals surface area (Å²) < 4.78 is 5.29. The molecule has 50 heavy (non-hydrogen) atoms. The Morgan fingerprint density at radius 3 is 1.44 bits per heavy atom. The highest BCUT2D eigenvalue weighted by Gasteiger charge is 2.47. The van der Waals surface area contributed by atoms with Crippen molar-refractivity contribution >= 4 is 68.4 Å². The highest BCUT2D eigenvalue weighted by Crippen LogP contribution is 2.41. The van der Waals surface area contributed by atoms with E-state index in [9.17, 15) is 28.8 Å². The summed E-state index contributed by atoms with van der Waals surface area (Å²) in [5.74, 6) is -3.75. The molecular formula is C38H27N5O7. The van der Waals surface area contributed by atoms with E-state index >= 15 is 0 Å². The number of amides is 6. The fourth-order valence-corrected chi connectivity index (χ4v) is 7.69. The van der Waals surface area contributed by atoms with Crippen molar-refractivity contribution in [3.05, 3.63) is 112 Å². The number of carbonyl (C=O) groups excluding carboxylic acids is 6. The highest BCUT2D eigenvalue weighted by atomic mass is 16.5. The molecule has 0 aromatic heterocycles. The molecule has 4 aliphatic heterocycles. The number of piperazine rings is 1. The molecule has 0 aliphatic carbocycles. The smallest absolute Gasteiger partial charge is 0.281 e. The summed E-state index contributed by atoms with van der Waals surface area (Å²) in [6.07, 6.45) is 0. The van der Waals surface area contributed by atoms with E-state index in [1.54, 1.807) is 25.3 Å². The van der Waals surface area contributed by atoms with Crippen LogP contribution in [-0.2, 0) is 0 Å². The van der Waals surface area contributed by atoms with Crippen molar-refractivity contribution in [2.24, 2.45) is 0 Å². The van der Waals surface area contributed by atoms with Gasteiger partial charge in [-0.15, -0.1) is 0 Å². The number of methoxy groups -OCH3 is 1. The number of imide groups is 3. The van der Waals surface area contributed by atoms with Crippen molar-refractivity contribution in [3.63, 3.8) is 0 Å². The van der Waals surface area contributed by atoms with Gasteiger partial charge in [0.05, 0.1) is 29.4 Å². The van der Waals surface area contributed by atoms with Crippen molar-refractivity contribution in [3.8, 4) is 5.75 Å². The van der Waals surface area contributed by atoms with Crippen molar-refractivity contribution in [2.75, 3.05) is 50.1 Å². The first-order chi connectivity index (χ1) is 24.2. The normalized spacial score (nSPS) is 17.1. The first-order valence-electron chi connectivity index (χ1n) is 16.1. The van der Waals surface area contributed by atoms with Gasteiger partial charge in [-0.2, -0.15) is 10.0 Å². The van der Waals surface area contributed by atoms with E-state index in [0.717, 1.165) is 40.5 Å². The number of ether oxygens (including phenoxy) is 1. The maximum atomic E-state index is 14.2. The van der Waals surface area contributed by atoms with Crippen LogP contribution in [0.25, 0.3) is 21.5 Å². The van der Waals surface area contributed by atoms with E-state index in [4.69, 9.17) is 4.74 Å². The summed E-state index contributed by atoms with van der Waals surface area (Å²) in [4.78, 5) is 88.0. The first kappa shape index (κ1) is 29.6. The quantitative estimate of drug-likeness (QED) is 0.257. The summed E-state index contributed by atoms with van der Waals surface area (Å²) in [6.45, 7) is 2.93. The number of hydrazine groups is 1. The van der Waals surface area contributed by atoms with Crippen LogP contribution >= 0.6 is 0 Å². The third-order valence-electron chi connectivity index (χ3n) is 10.2. The molecular weight excluding hydrogens is 638 g/mol. The number of anilines is 2. The van der Waals surface area contributed by atoms with Gasteiger partial charge >= 0.3 is 0 Å². The maximum Gasteiger partial charge on any atom is 0.281 e. The average Bonchev–Trinajstić information content (AvgIpc) is 3.15. The van der Waals surface area contributed by atoms with Crippen molar-refractivity contribution in [2.45, 2.75) is 0 Å². The van der Waals surface area contributed by atoms with Crippen molar-refractivity contribution in [1.29, 1.82) is 0 Å². The standard InChI is InChI=1S/C38H27N5O7/c1-39-33(44)25-10-12-27-32-28(13-11-26(31(25)32)34(39)45)38(49)43(37(27)48)42-35(46)23-5-3-4-22-29(15-14-24(30(22)23)36(42)47)41-18-16-40(17-19-41)20-6-8-21(50-2)9-7-20/h3-15H,16-19H2,1-2H3. The Kier molecular flexibility index (Phi) is 6.19. The molecule has 0 unspecified atom stereocenters. The molecule has 246 valence electrons. The van der Waals surface area contributed by atoms with Gasteiger partial charge in [0.25, 0.3) is 35.4 Å². The van der Waals surface area contributed by atoms with Gasteiger partial charge in [-0.05, 0) is 66.7 Å². The molecule has 12 nitrogen and oxygen atoms in total. The molecule has 0 spiro atoms. The van der Waals surface area contributed by atoms with Gasteiger partial charge in [-0.25, -0.2) is 0 Å². The van der Waals surface area contributed by atoms with Crippen LogP contribution in [0.5, 0.6) is 5.75 Å². The Morgan fingerprint density at radius 1 is 0.480 bits per heavy atom. The SMILES string of the molecule is COc1ccc(N2CCN(c3ccc4c5c(cccc35)C(=O)N(N3C(=O)c5ccc6c7c(ccc(c57)C3=O)C(=O)N(C)C6=O)C4=O)CC2)cc1. The van der Waals surface area contributed by atoms with E-state index in [1.807, 2.05) is 36.4 Å². The molecule has 0 bridgehead atoms. The lowest BCUT2D eigenvalue weighted by atomic mass is 9.86. The molecule has 1 saturated heterocycles. The third-order valence-corrected chi connectivity index (χ3v) is 10.2. The largest absolute Gasteiger partial charge is 0.497 e. The summed E-state index contributed by atoms with van der Waals surface area (Å²) in [5.41, 5.74) is 2.71. The van der Waals surface area contributed by atoms with E-state index < -0.39 is 35.4 Å². The molecule has 4 heterocycles. The Bertz CT molecular complexity index is 2340. The molecule has 0 N–H and O–H groups in total. The average molecular weight is 666 g/mol. The van der Waals surface area contributed by atoms with E-state index in [1.165, 1.54) is 31.3 Å². The van der Waals surface area contributed by atoms with E-state index in [0.29, 0.717) is 28.5 Å². The molecule has 5 aromatic carbocycles. The van der Waals surface area contributed by atoms with Crippen LogP contribution in [0.4, 0.5) is 11.4 Å². The van der Waals surface area contributed by atoms with Gasteiger partial charge < -0.3 is 14.5 Å². The minimum Gasteiger partial charge on any atom is -0.497 e. The summed E-state index contributed by atoms with van der Waals surface area (Å²) in [5, 5.41) is 2.74. The lowest BCUT2D eigenvalue weighted by Crippen LogP contribution is -2.58. The van der Waals surface area contributed by atoms with Gasteiger partial charge in [-0.1, -0.05) is 12.1 Å². The van der Waals surface area contributed by atoms with Crippen LogP contribution in [0.1, 0.15) is 62.1 Å². The van der Waals surface area contributed by atoms with Gasteiger partial charge in [0.2, 0.25) is 0 Å². The Morgan fingerprint density at radius 2 is 0.920 bits per heavy atom. The van der Waals surface area contributed by atoms with Crippen molar-refractivity contribution in [1.82, 2.24) is 14.9 Å². The van der Waals surface area contributed by atoms with Gasteiger partial charge in [-0.3, -0.25) is 33.7 Å². The van der Waals surface area contributed by atoms with Crippen LogP contribution < -0.4 is 14.5 Å². The molecule has 4 aliphatic rings. The lowest BCUT2D eigenvalue weighted by Gasteiger charge is -2.39. The minimum atomic E-state index is -0.909. The summed E-state index contributed by atoms with van der Waals surface area (Å²) >= 11 is 0. The second-order valence-electron chi connectivity index (χ2n) is 12.6. The molecule has 0 saturated carbocycles. The molecule has 12 heteroatoms. The number of benzene rings is 5. The second-order valence-corrected chi connectivity index (χ2v) is 12.6. The minimum absolute atomic E-state index is 0.000844. The zero-order valence-corrected chi connectivity index (χ0v) is 26.9. The summed E-state index contributed by atoms with van der Waals surface area (Å²) in [7, 11) is 3.00. The Labute approximate surface area is 284 Å². The van der Waals surface area contributed by atoms with Crippen LogP contribution in [0.3, 0.4) is 0 Å². The highest BCUT2D eigenvalue weighted by molar-refractivity contribution is 6.35. The molecule has 1 fully saturated rings. The lowest BCUT2D eigenvalue weighted by molar-refractivity contribution is 0.00212. The number of rotatable bonds is 4. The maximum absolute atomic E-state index is 14.2. The monoisotopic (exact) mass is 665 g/mol. The Hall–Kier alpha value is -6.56. The molecule has 5 aromatic rings. The second kappa shape index (κ2) is 10.5. The number of carbonyl (C=O) groups is 6. The third kappa shape index (κ3) is 3.86. The molecule has 6 amide bonds.